The maximum Gasteiger partial charge on any atom is 0.475 e. The molecule has 14 heteroatoms. The molecular weight excluding hydrogens is 717 g/mol. The van der Waals surface area contributed by atoms with Crippen molar-refractivity contribution in [3.63, 3.8) is 0 Å². The zero-order valence-electron chi connectivity index (χ0n) is 30.6. The van der Waals surface area contributed by atoms with Crippen LogP contribution in [0.2, 0.25) is 0 Å². The maximum atomic E-state index is 14.1. The minimum Gasteiger partial charge on any atom is -0.445 e. The van der Waals surface area contributed by atoms with E-state index in [-0.39, 0.29) is 24.0 Å². The van der Waals surface area contributed by atoms with Gasteiger partial charge in [0, 0.05) is 0 Å². The van der Waals surface area contributed by atoms with E-state index in [1.807, 2.05) is 64.1 Å². The zero-order chi connectivity index (χ0) is 39.5. The van der Waals surface area contributed by atoms with Gasteiger partial charge in [0.2, 0.25) is 5.76 Å². The van der Waals surface area contributed by atoms with E-state index >= 15 is 0 Å². The number of allylic oxidation sites excluding steroid dienone is 7. The zero-order valence-corrected chi connectivity index (χ0v) is 31.4. The van der Waals surface area contributed by atoms with Gasteiger partial charge in [-0.2, -0.15) is 5.26 Å². The second-order valence-corrected chi connectivity index (χ2v) is 14.6. The van der Waals surface area contributed by atoms with Crippen molar-refractivity contribution in [2.45, 2.75) is 65.8 Å². The quantitative estimate of drug-likeness (QED) is 0.0605. The summed E-state index contributed by atoms with van der Waals surface area (Å²) in [6, 6.07) is 17.2. The van der Waals surface area contributed by atoms with Gasteiger partial charge in [0.1, 0.15) is 12.2 Å². The summed E-state index contributed by atoms with van der Waals surface area (Å²) in [4.78, 5) is 52.6. The Kier molecular flexibility index (Phi) is 14.4. The van der Waals surface area contributed by atoms with Crippen molar-refractivity contribution in [3.8, 4) is 6.07 Å². The predicted octanol–water partition coefficient (Wildman–Crippen LogP) is 7.03. The number of nitriles is 1. The van der Waals surface area contributed by atoms with E-state index in [0.717, 1.165) is 11.1 Å². The first-order valence-electron chi connectivity index (χ1n) is 17.0. The number of hydrogen-bond donors (Lipinski definition) is 1. The number of esters is 3. The van der Waals surface area contributed by atoms with Gasteiger partial charge in [0.05, 0.1) is 36.8 Å². The molecule has 0 amide bonds. The van der Waals surface area contributed by atoms with Crippen LogP contribution >= 0.6 is 7.82 Å². The number of rotatable bonds is 16. The molecule has 54 heavy (non-hydrogen) atoms. The molecule has 4 atom stereocenters. The SMILES string of the molecule is CC=CC=C(C)C=CC1=C(C)C(=O)C(OP(=O)(OCCC#N)OC[C@H](O)[C@H]2OC(=O)C(OC(=O)c3ccccc3)=C2OC(=O)c2ccccc2)CC1(C)C. The van der Waals surface area contributed by atoms with Gasteiger partial charge in [-0.3, -0.25) is 18.4 Å². The van der Waals surface area contributed by atoms with Crippen LogP contribution in [0.25, 0.3) is 0 Å². The molecule has 0 bridgehead atoms. The summed E-state index contributed by atoms with van der Waals surface area (Å²) in [6.07, 6.45) is 4.33. The van der Waals surface area contributed by atoms with E-state index in [0.29, 0.717) is 5.57 Å². The first kappa shape index (κ1) is 41.5. The number of carbonyl (C=O) groups is 4. The molecule has 1 N–H and O–H groups in total. The molecule has 1 aliphatic heterocycles. The molecule has 2 aromatic carbocycles. The van der Waals surface area contributed by atoms with Crippen LogP contribution in [0.4, 0.5) is 0 Å². The third-order valence-corrected chi connectivity index (χ3v) is 9.82. The average molecular weight is 760 g/mol. The normalized spacial score (nSPS) is 20.5. The molecule has 1 heterocycles. The smallest absolute Gasteiger partial charge is 0.445 e. The van der Waals surface area contributed by atoms with Crippen molar-refractivity contribution in [2.24, 2.45) is 5.41 Å². The second kappa shape index (κ2) is 18.7. The number of carbonyl (C=O) groups excluding carboxylic acids is 4. The van der Waals surface area contributed by atoms with Crippen LogP contribution in [0.3, 0.4) is 0 Å². The molecule has 0 radical (unpaired) electrons. The number of hydrogen-bond acceptors (Lipinski definition) is 13. The number of nitrogens with zero attached hydrogens (tertiary/aromatic N) is 1. The molecule has 0 saturated carbocycles. The molecule has 2 aromatic rings. The molecule has 1 aliphatic carbocycles. The number of benzene rings is 2. The second-order valence-electron chi connectivity index (χ2n) is 12.9. The largest absolute Gasteiger partial charge is 0.475 e. The molecule has 0 saturated heterocycles. The Labute approximate surface area is 313 Å². The van der Waals surface area contributed by atoms with Gasteiger partial charge in [0.15, 0.2) is 11.9 Å². The van der Waals surface area contributed by atoms with E-state index in [2.05, 4.69) is 0 Å². The Morgan fingerprint density at radius 3 is 2.24 bits per heavy atom. The molecule has 2 aliphatic rings. The summed E-state index contributed by atoms with van der Waals surface area (Å²) in [5.41, 5.74) is 1.59. The van der Waals surface area contributed by atoms with E-state index in [4.69, 9.17) is 33.0 Å². The van der Waals surface area contributed by atoms with Crippen molar-refractivity contribution in [3.05, 3.63) is 130 Å². The van der Waals surface area contributed by atoms with Crippen molar-refractivity contribution >= 4 is 31.5 Å². The number of phosphoric ester groups is 1. The molecule has 284 valence electrons. The van der Waals surface area contributed by atoms with E-state index < -0.39 is 80.0 Å². The van der Waals surface area contributed by atoms with Gasteiger partial charge in [-0.1, -0.05) is 86.2 Å². The molecule has 0 fully saturated rings. The van der Waals surface area contributed by atoms with Crippen molar-refractivity contribution in [2.75, 3.05) is 13.2 Å². The minimum absolute atomic E-state index is 0.0645. The lowest BCUT2D eigenvalue weighted by Crippen LogP contribution is -2.38. The van der Waals surface area contributed by atoms with E-state index in [1.165, 1.54) is 24.3 Å². The highest BCUT2D eigenvalue weighted by Crippen LogP contribution is 2.54. The Morgan fingerprint density at radius 1 is 1.04 bits per heavy atom. The standard InChI is InChI=1S/C40H42NO12P/c1-6-7-15-26(2)20-21-30-27(3)33(43)32(24-40(30,4)5)53-54(47,48-23-14-22-41)49-25-31(42)34-35(51-37(44)28-16-10-8-11-17-28)36(39(46)50-34)52-38(45)29-18-12-9-13-19-29/h6-13,15-21,31-32,34,42H,14,23-25H2,1-5H3/t31-,32?,34+,54?/m0/s1. The number of Topliss-reactive ketones (excluding diaryl/α,β-unsaturated/α-hetero) is 1. The van der Waals surface area contributed by atoms with E-state index in [1.54, 1.807) is 43.3 Å². The number of phosphoric acid groups is 1. The third kappa shape index (κ3) is 10.7. The summed E-state index contributed by atoms with van der Waals surface area (Å²) in [5.74, 6) is -5.09. The van der Waals surface area contributed by atoms with Crippen LogP contribution in [0.5, 0.6) is 0 Å². The summed E-state index contributed by atoms with van der Waals surface area (Å²) in [5, 5.41) is 20.3. The first-order chi connectivity index (χ1) is 25.7. The highest BCUT2D eigenvalue weighted by Gasteiger charge is 2.47. The summed E-state index contributed by atoms with van der Waals surface area (Å²) < 4.78 is 46.7. The lowest BCUT2D eigenvalue weighted by molar-refractivity contribution is -0.148. The Balaban J connectivity index is 1.59. The fourth-order valence-corrected chi connectivity index (χ4v) is 6.90. The number of ketones is 1. The Hall–Kier alpha value is -5.22. The third-order valence-electron chi connectivity index (χ3n) is 8.35. The lowest BCUT2D eigenvalue weighted by atomic mass is 9.71. The highest BCUT2D eigenvalue weighted by molar-refractivity contribution is 7.48. The molecule has 4 rings (SSSR count). The van der Waals surface area contributed by atoms with Gasteiger partial charge in [0.25, 0.3) is 5.76 Å². The minimum atomic E-state index is -4.72. The van der Waals surface area contributed by atoms with Gasteiger partial charge in [-0.05, 0) is 68.0 Å². The number of aliphatic hydroxyl groups is 1. The number of ether oxygens (including phenoxy) is 3. The monoisotopic (exact) mass is 759 g/mol. The maximum absolute atomic E-state index is 14.1. The predicted molar refractivity (Wildman–Crippen MR) is 195 cm³/mol. The Bertz CT molecular complexity index is 1970. The van der Waals surface area contributed by atoms with Gasteiger partial charge in [-0.25, -0.2) is 18.9 Å². The Morgan fingerprint density at radius 2 is 1.65 bits per heavy atom. The molecule has 13 nitrogen and oxygen atoms in total. The fourth-order valence-electron chi connectivity index (χ4n) is 5.57. The number of cyclic esters (lactones) is 1. The van der Waals surface area contributed by atoms with Crippen LogP contribution in [0, 0.1) is 16.7 Å². The van der Waals surface area contributed by atoms with Crippen molar-refractivity contribution in [1.82, 2.24) is 0 Å². The summed E-state index contributed by atoms with van der Waals surface area (Å²) in [6.45, 7) is 7.94. The molecule has 0 spiro atoms. The van der Waals surface area contributed by atoms with E-state index in [9.17, 15) is 28.8 Å². The highest BCUT2D eigenvalue weighted by atomic mass is 31.2. The summed E-state index contributed by atoms with van der Waals surface area (Å²) in [7, 11) is -4.72. The summed E-state index contributed by atoms with van der Waals surface area (Å²) >= 11 is 0. The van der Waals surface area contributed by atoms with Crippen LogP contribution in [0.15, 0.2) is 119 Å². The topological polar surface area (TPSA) is 185 Å². The molecule has 0 aromatic heterocycles. The van der Waals surface area contributed by atoms with Crippen molar-refractivity contribution < 1.29 is 56.6 Å². The average Bonchev–Trinajstić information content (AvgIpc) is 3.45. The fraction of sp³-hybridized carbons (Fsp3) is 0.325. The van der Waals surface area contributed by atoms with Crippen LogP contribution in [-0.4, -0.2) is 60.3 Å². The van der Waals surface area contributed by atoms with Crippen LogP contribution < -0.4 is 0 Å². The molecule has 2 unspecified atom stereocenters. The van der Waals surface area contributed by atoms with Gasteiger partial charge >= 0.3 is 25.7 Å². The first-order valence-corrected chi connectivity index (χ1v) is 18.5. The van der Waals surface area contributed by atoms with Crippen LogP contribution in [0.1, 0.15) is 68.2 Å². The van der Waals surface area contributed by atoms with Crippen LogP contribution in [-0.2, 0) is 41.9 Å². The lowest BCUT2D eigenvalue weighted by Gasteiger charge is -2.37. The number of aliphatic hydroxyl groups excluding tert-OH is 1. The van der Waals surface area contributed by atoms with Gasteiger partial charge in [-0.15, -0.1) is 0 Å². The van der Waals surface area contributed by atoms with Crippen molar-refractivity contribution in [1.29, 1.82) is 5.26 Å². The molecular formula is C40H42NO12P. The van der Waals surface area contributed by atoms with Gasteiger partial charge < -0.3 is 19.3 Å².